The molecule has 0 saturated carbocycles. The van der Waals surface area contributed by atoms with E-state index in [0.717, 1.165) is 0 Å². The fraction of sp³-hybridized carbons (Fsp3) is 0.176. The van der Waals surface area contributed by atoms with Crippen LogP contribution in [0, 0.1) is 0 Å². The number of hydrogen-bond acceptors (Lipinski definition) is 10. The Kier molecular flexibility index (Phi) is 9.75. The van der Waals surface area contributed by atoms with E-state index < -0.39 is 61.2 Å². The van der Waals surface area contributed by atoms with E-state index in [9.17, 15) is 24.3 Å². The molecule has 1 unspecified atom stereocenters. The summed E-state index contributed by atoms with van der Waals surface area (Å²) in [5, 5.41) is 11.1. The largest absolute Gasteiger partial charge is 0.459 e. The number of carbonyl (C=O) groups excluding carboxylic acids is 4. The van der Waals surface area contributed by atoms with E-state index in [4.69, 9.17) is 23.7 Å². The molecule has 4 aromatic rings. The zero-order valence-electron chi connectivity index (χ0n) is 23.3. The molecule has 1 saturated heterocycles. The number of hydrogen-bond donors (Lipinski definition) is 1. The standard InChI is InChI=1S/C34H28O10/c35-30(22-13-5-1-6-14-22)40-21-26-27(42-31(36)23-15-7-2-8-16-23)28(43-32(37)24-17-9-3-10-18-24)29(34(39)41-26)44-33(38)25-19-11-4-12-20-25/h1-20,26-29,34,39H,21H2/t26-,27-,28+,29+,34?/m1/s1. The van der Waals surface area contributed by atoms with Crippen molar-refractivity contribution in [1.82, 2.24) is 0 Å². The molecule has 224 valence electrons. The van der Waals surface area contributed by atoms with Crippen LogP contribution < -0.4 is 0 Å². The van der Waals surface area contributed by atoms with E-state index in [2.05, 4.69) is 0 Å². The number of esters is 4. The van der Waals surface area contributed by atoms with Crippen molar-refractivity contribution in [3.8, 4) is 0 Å². The van der Waals surface area contributed by atoms with Crippen LogP contribution in [0.25, 0.3) is 0 Å². The topological polar surface area (TPSA) is 135 Å². The van der Waals surface area contributed by atoms with Gasteiger partial charge in [0.05, 0.1) is 22.3 Å². The summed E-state index contributed by atoms with van der Waals surface area (Å²) in [7, 11) is 0. The van der Waals surface area contributed by atoms with Gasteiger partial charge in [-0.25, -0.2) is 19.2 Å². The molecule has 0 bridgehead atoms. The van der Waals surface area contributed by atoms with Crippen LogP contribution in [-0.4, -0.2) is 66.3 Å². The Hall–Kier alpha value is -5.32. The van der Waals surface area contributed by atoms with Gasteiger partial charge in [0.2, 0.25) is 0 Å². The zero-order valence-corrected chi connectivity index (χ0v) is 23.3. The fourth-order valence-electron chi connectivity index (χ4n) is 4.54. The second kappa shape index (κ2) is 14.2. The first-order chi connectivity index (χ1) is 21.4. The molecule has 0 amide bonds. The van der Waals surface area contributed by atoms with Gasteiger partial charge in [-0.1, -0.05) is 72.8 Å². The Morgan fingerprint density at radius 1 is 0.500 bits per heavy atom. The van der Waals surface area contributed by atoms with Gasteiger partial charge in [0.1, 0.15) is 12.7 Å². The monoisotopic (exact) mass is 596 g/mol. The molecule has 5 rings (SSSR count). The Balaban J connectivity index is 1.48. The number of ether oxygens (including phenoxy) is 5. The van der Waals surface area contributed by atoms with Gasteiger partial charge in [-0.2, -0.15) is 0 Å². The minimum absolute atomic E-state index is 0.154. The van der Waals surface area contributed by atoms with Crippen LogP contribution in [0.4, 0.5) is 0 Å². The summed E-state index contributed by atoms with van der Waals surface area (Å²) < 4.78 is 28.4. The van der Waals surface area contributed by atoms with Gasteiger partial charge < -0.3 is 28.8 Å². The lowest BCUT2D eigenvalue weighted by atomic mass is 9.97. The van der Waals surface area contributed by atoms with Gasteiger partial charge >= 0.3 is 23.9 Å². The molecular formula is C34H28O10. The molecular weight excluding hydrogens is 568 g/mol. The summed E-state index contributed by atoms with van der Waals surface area (Å²) in [5.41, 5.74) is 0.736. The van der Waals surface area contributed by atoms with Gasteiger partial charge in [0.15, 0.2) is 24.6 Å². The molecule has 0 aromatic heterocycles. The minimum Gasteiger partial charge on any atom is -0.459 e. The van der Waals surface area contributed by atoms with E-state index in [1.54, 1.807) is 84.9 Å². The van der Waals surface area contributed by atoms with Gasteiger partial charge in [0, 0.05) is 0 Å². The van der Waals surface area contributed by atoms with Crippen LogP contribution >= 0.6 is 0 Å². The molecule has 1 heterocycles. The molecule has 10 nitrogen and oxygen atoms in total. The Morgan fingerprint density at radius 2 is 0.841 bits per heavy atom. The van der Waals surface area contributed by atoms with E-state index >= 15 is 0 Å². The van der Waals surface area contributed by atoms with Crippen molar-refractivity contribution in [1.29, 1.82) is 0 Å². The molecule has 0 spiro atoms. The third kappa shape index (κ3) is 7.35. The van der Waals surface area contributed by atoms with Gasteiger partial charge in [0.25, 0.3) is 0 Å². The predicted octanol–water partition coefficient (Wildman–Crippen LogP) is 4.24. The summed E-state index contributed by atoms with van der Waals surface area (Å²) >= 11 is 0. The quantitative estimate of drug-likeness (QED) is 0.221. The number of rotatable bonds is 9. The zero-order chi connectivity index (χ0) is 30.9. The highest BCUT2D eigenvalue weighted by Crippen LogP contribution is 2.30. The Morgan fingerprint density at radius 3 is 1.25 bits per heavy atom. The molecule has 5 atom stereocenters. The molecule has 1 fully saturated rings. The SMILES string of the molecule is O=C(OC[C@H]1OC(O)[C@@H](OC(=O)c2ccccc2)[C@@H](OC(=O)c2ccccc2)[C@@H]1OC(=O)c1ccccc1)c1ccccc1. The average Bonchev–Trinajstić information content (AvgIpc) is 3.07. The lowest BCUT2D eigenvalue weighted by Gasteiger charge is -2.42. The van der Waals surface area contributed by atoms with Crippen molar-refractivity contribution in [2.24, 2.45) is 0 Å². The smallest absolute Gasteiger partial charge is 0.338 e. The lowest BCUT2D eigenvalue weighted by Crippen LogP contribution is -2.62. The van der Waals surface area contributed by atoms with Crippen LogP contribution in [0.3, 0.4) is 0 Å². The molecule has 0 radical (unpaired) electrons. The first kappa shape index (κ1) is 30.1. The van der Waals surface area contributed by atoms with Crippen molar-refractivity contribution < 1.29 is 48.0 Å². The summed E-state index contributed by atoms with van der Waals surface area (Å²) in [6, 6.07) is 32.1. The molecule has 10 heteroatoms. The van der Waals surface area contributed by atoms with Gasteiger partial charge in [-0.05, 0) is 48.5 Å². The van der Waals surface area contributed by atoms with Crippen LogP contribution in [0.1, 0.15) is 41.4 Å². The molecule has 4 aromatic carbocycles. The molecule has 1 aliphatic heterocycles. The maximum Gasteiger partial charge on any atom is 0.338 e. The summed E-state index contributed by atoms with van der Waals surface area (Å²) in [4.78, 5) is 52.3. The Bertz CT molecular complexity index is 1560. The van der Waals surface area contributed by atoms with Crippen LogP contribution in [0.5, 0.6) is 0 Å². The molecule has 0 aliphatic carbocycles. The maximum absolute atomic E-state index is 13.3. The second-order valence-electron chi connectivity index (χ2n) is 9.74. The highest BCUT2D eigenvalue weighted by atomic mass is 16.7. The van der Waals surface area contributed by atoms with Crippen molar-refractivity contribution in [2.75, 3.05) is 6.61 Å². The van der Waals surface area contributed by atoms with E-state index in [1.165, 1.54) is 36.4 Å². The van der Waals surface area contributed by atoms with Crippen LogP contribution in [0.15, 0.2) is 121 Å². The normalized spacial score (nSPS) is 21.0. The molecule has 44 heavy (non-hydrogen) atoms. The van der Waals surface area contributed by atoms with Crippen molar-refractivity contribution in [2.45, 2.75) is 30.7 Å². The first-order valence-electron chi connectivity index (χ1n) is 13.7. The minimum atomic E-state index is -1.86. The van der Waals surface area contributed by atoms with Crippen molar-refractivity contribution in [3.05, 3.63) is 144 Å². The number of aliphatic hydroxyl groups excluding tert-OH is 1. The van der Waals surface area contributed by atoms with Crippen molar-refractivity contribution >= 4 is 23.9 Å². The summed E-state index contributed by atoms with van der Waals surface area (Å²) in [6.07, 6.45) is -7.89. The highest BCUT2D eigenvalue weighted by Gasteiger charge is 2.52. The number of aliphatic hydroxyl groups is 1. The fourth-order valence-corrected chi connectivity index (χ4v) is 4.54. The number of benzene rings is 4. The third-order valence-corrected chi connectivity index (χ3v) is 6.76. The predicted molar refractivity (Wildman–Crippen MR) is 155 cm³/mol. The van der Waals surface area contributed by atoms with E-state index in [0.29, 0.717) is 0 Å². The van der Waals surface area contributed by atoms with Crippen LogP contribution in [-0.2, 0) is 23.7 Å². The van der Waals surface area contributed by atoms with Crippen molar-refractivity contribution in [3.63, 3.8) is 0 Å². The summed E-state index contributed by atoms with van der Waals surface area (Å²) in [6.45, 7) is -0.504. The maximum atomic E-state index is 13.3. The van der Waals surface area contributed by atoms with Crippen LogP contribution in [0.2, 0.25) is 0 Å². The highest BCUT2D eigenvalue weighted by molar-refractivity contribution is 5.91. The molecule has 1 aliphatic rings. The summed E-state index contributed by atoms with van der Waals surface area (Å²) in [5.74, 6) is -3.21. The van der Waals surface area contributed by atoms with E-state index in [1.807, 2.05) is 0 Å². The van der Waals surface area contributed by atoms with Gasteiger partial charge in [-0.15, -0.1) is 0 Å². The van der Waals surface area contributed by atoms with Gasteiger partial charge in [-0.3, -0.25) is 0 Å². The first-order valence-corrected chi connectivity index (χ1v) is 13.7. The lowest BCUT2D eigenvalue weighted by molar-refractivity contribution is -0.284. The average molecular weight is 597 g/mol. The number of carbonyl (C=O) groups is 4. The van der Waals surface area contributed by atoms with E-state index in [-0.39, 0.29) is 22.3 Å². The second-order valence-corrected chi connectivity index (χ2v) is 9.74. The Labute approximate surface area is 252 Å². The third-order valence-electron chi connectivity index (χ3n) is 6.76. The molecule has 1 N–H and O–H groups in total.